The standard InChI is InChI=1S/C15H26O4.C5H6O/c16-14-10-8-6-4-2-1-3-5-7-9-11-15(17)19-13-12-18-14;6-5-3-1-2-4-5/h1-13H2;1,3H,2,4H2. The van der Waals surface area contributed by atoms with E-state index in [1.165, 1.54) is 32.1 Å². The first-order chi connectivity index (χ1) is 12.2. The zero-order valence-electron chi connectivity index (χ0n) is 15.3. The van der Waals surface area contributed by atoms with E-state index in [0.717, 1.165) is 38.5 Å². The summed E-state index contributed by atoms with van der Waals surface area (Å²) in [7, 11) is 0. The minimum Gasteiger partial charge on any atom is -0.462 e. The van der Waals surface area contributed by atoms with Gasteiger partial charge in [-0.3, -0.25) is 14.4 Å². The van der Waals surface area contributed by atoms with E-state index in [1.807, 2.05) is 6.08 Å². The molecule has 0 N–H and O–H groups in total. The second-order valence-electron chi connectivity index (χ2n) is 6.53. The Morgan fingerprint density at radius 3 is 1.36 bits per heavy atom. The van der Waals surface area contributed by atoms with Gasteiger partial charge in [0.1, 0.15) is 13.2 Å². The number of rotatable bonds is 0. The van der Waals surface area contributed by atoms with Crippen LogP contribution < -0.4 is 0 Å². The van der Waals surface area contributed by atoms with Crippen molar-refractivity contribution in [2.75, 3.05) is 13.2 Å². The number of hydrogen-bond donors (Lipinski definition) is 0. The van der Waals surface area contributed by atoms with Gasteiger partial charge in [0.2, 0.25) is 0 Å². The first kappa shape index (κ1) is 21.4. The van der Waals surface area contributed by atoms with Crippen LogP contribution in [0, 0.1) is 0 Å². The minimum atomic E-state index is -0.180. The molecular weight excluding hydrogens is 320 g/mol. The molecule has 0 unspecified atom stereocenters. The molecule has 1 fully saturated rings. The minimum absolute atomic E-state index is 0.180. The van der Waals surface area contributed by atoms with Crippen molar-refractivity contribution in [2.45, 2.75) is 83.5 Å². The van der Waals surface area contributed by atoms with Gasteiger partial charge in [-0.25, -0.2) is 0 Å². The maximum atomic E-state index is 11.3. The molecule has 0 saturated carbocycles. The third-order valence-electron chi connectivity index (χ3n) is 4.23. The van der Waals surface area contributed by atoms with Crippen LogP contribution >= 0.6 is 0 Å². The van der Waals surface area contributed by atoms with Crippen LogP contribution in [-0.4, -0.2) is 30.9 Å². The molecule has 0 radical (unpaired) electrons. The summed E-state index contributed by atoms with van der Waals surface area (Å²) in [5.74, 6) is -0.0873. The number of ketones is 1. The van der Waals surface area contributed by atoms with Crippen molar-refractivity contribution >= 4 is 17.7 Å². The van der Waals surface area contributed by atoms with Crippen molar-refractivity contribution in [3.8, 4) is 0 Å². The van der Waals surface area contributed by atoms with Crippen LogP contribution in [0.2, 0.25) is 0 Å². The molecule has 1 heterocycles. The van der Waals surface area contributed by atoms with E-state index >= 15 is 0 Å². The van der Waals surface area contributed by atoms with E-state index in [4.69, 9.17) is 9.47 Å². The fraction of sp³-hybridized carbons (Fsp3) is 0.750. The van der Waals surface area contributed by atoms with Crippen molar-refractivity contribution in [1.29, 1.82) is 0 Å². The fourth-order valence-corrected chi connectivity index (χ4v) is 2.76. The Bertz CT molecular complexity index is 402. The lowest BCUT2D eigenvalue weighted by Crippen LogP contribution is -2.13. The van der Waals surface area contributed by atoms with E-state index in [2.05, 4.69) is 0 Å². The van der Waals surface area contributed by atoms with Gasteiger partial charge in [0.05, 0.1) is 0 Å². The number of carbonyl (C=O) groups is 3. The van der Waals surface area contributed by atoms with E-state index in [9.17, 15) is 14.4 Å². The Hall–Kier alpha value is -1.65. The van der Waals surface area contributed by atoms with Crippen LogP contribution in [0.1, 0.15) is 83.5 Å². The van der Waals surface area contributed by atoms with Crippen molar-refractivity contribution < 1.29 is 23.9 Å². The van der Waals surface area contributed by atoms with Gasteiger partial charge < -0.3 is 9.47 Å². The summed E-state index contributed by atoms with van der Waals surface area (Å²) in [6, 6.07) is 0. The van der Waals surface area contributed by atoms with Crippen LogP contribution in [0.15, 0.2) is 12.2 Å². The number of cyclic esters (lactones) is 2. The van der Waals surface area contributed by atoms with Gasteiger partial charge in [-0.2, -0.15) is 0 Å². The Morgan fingerprint density at radius 1 is 0.600 bits per heavy atom. The van der Waals surface area contributed by atoms with Gasteiger partial charge in [0.25, 0.3) is 0 Å². The third-order valence-corrected chi connectivity index (χ3v) is 4.23. The molecule has 0 aromatic heterocycles. The van der Waals surface area contributed by atoms with Crippen LogP contribution in [0.5, 0.6) is 0 Å². The number of carbonyl (C=O) groups excluding carboxylic acids is 3. The summed E-state index contributed by atoms with van der Waals surface area (Å²) < 4.78 is 10.00. The molecule has 2 aliphatic rings. The van der Waals surface area contributed by atoms with Crippen LogP contribution in [0.25, 0.3) is 0 Å². The van der Waals surface area contributed by atoms with Crippen LogP contribution in [-0.2, 0) is 23.9 Å². The molecule has 0 atom stereocenters. The maximum Gasteiger partial charge on any atom is 0.305 e. The Labute approximate surface area is 151 Å². The van der Waals surface area contributed by atoms with Gasteiger partial charge in [-0.1, -0.05) is 51.0 Å². The molecule has 2 rings (SSSR count). The number of hydrogen-bond acceptors (Lipinski definition) is 5. The summed E-state index contributed by atoms with van der Waals surface area (Å²) in [6.07, 6.45) is 16.4. The SMILES string of the molecule is O=C1C=CCC1.O=C1CCCCCCCCCCCC(=O)OCCO1. The summed E-state index contributed by atoms with van der Waals surface area (Å²) in [5.41, 5.74) is 0. The average Bonchev–Trinajstić information content (AvgIpc) is 3.07. The van der Waals surface area contributed by atoms with Gasteiger partial charge in [-0.15, -0.1) is 0 Å². The summed E-state index contributed by atoms with van der Waals surface area (Å²) in [6.45, 7) is 0.370. The lowest BCUT2D eigenvalue weighted by molar-refractivity contribution is -0.152. The molecule has 142 valence electrons. The normalized spacial score (nSPS) is 21.5. The highest BCUT2D eigenvalue weighted by Gasteiger charge is 2.06. The van der Waals surface area contributed by atoms with Crippen molar-refractivity contribution in [1.82, 2.24) is 0 Å². The molecule has 1 aliphatic carbocycles. The molecule has 0 amide bonds. The van der Waals surface area contributed by atoms with Gasteiger partial charge >= 0.3 is 11.9 Å². The molecule has 0 bridgehead atoms. The lowest BCUT2D eigenvalue weighted by atomic mass is 10.1. The maximum absolute atomic E-state index is 11.3. The monoisotopic (exact) mass is 352 g/mol. The number of ether oxygens (including phenoxy) is 2. The highest BCUT2D eigenvalue weighted by Crippen LogP contribution is 2.12. The molecular formula is C20H32O5. The Kier molecular flexibility index (Phi) is 12.6. The Morgan fingerprint density at radius 2 is 1.04 bits per heavy atom. The topological polar surface area (TPSA) is 69.7 Å². The Balaban J connectivity index is 0.000000435. The van der Waals surface area contributed by atoms with E-state index in [1.54, 1.807) is 6.08 Å². The molecule has 5 heteroatoms. The molecule has 5 nitrogen and oxygen atoms in total. The molecule has 25 heavy (non-hydrogen) atoms. The lowest BCUT2D eigenvalue weighted by Gasteiger charge is -2.06. The van der Waals surface area contributed by atoms with Crippen LogP contribution in [0.3, 0.4) is 0 Å². The van der Waals surface area contributed by atoms with Crippen LogP contribution in [0.4, 0.5) is 0 Å². The zero-order chi connectivity index (χ0) is 18.2. The highest BCUT2D eigenvalue weighted by atomic mass is 16.6. The molecule has 0 aromatic rings. The summed E-state index contributed by atoms with van der Waals surface area (Å²) in [4.78, 5) is 32.9. The second-order valence-corrected chi connectivity index (χ2v) is 6.53. The quantitative estimate of drug-likeness (QED) is 0.609. The summed E-state index contributed by atoms with van der Waals surface area (Å²) >= 11 is 0. The van der Waals surface area contributed by atoms with Crippen molar-refractivity contribution in [3.05, 3.63) is 12.2 Å². The first-order valence-electron chi connectivity index (χ1n) is 9.69. The largest absolute Gasteiger partial charge is 0.462 e. The van der Waals surface area contributed by atoms with Gasteiger partial charge in [0.15, 0.2) is 5.78 Å². The van der Waals surface area contributed by atoms with Gasteiger partial charge in [0, 0.05) is 19.3 Å². The molecule has 0 aromatic carbocycles. The molecule has 0 spiro atoms. The first-order valence-corrected chi connectivity index (χ1v) is 9.69. The van der Waals surface area contributed by atoms with Crippen molar-refractivity contribution in [2.24, 2.45) is 0 Å². The highest BCUT2D eigenvalue weighted by molar-refractivity contribution is 5.91. The van der Waals surface area contributed by atoms with Gasteiger partial charge in [-0.05, 0) is 25.3 Å². The third kappa shape index (κ3) is 13.3. The second kappa shape index (κ2) is 14.7. The van der Waals surface area contributed by atoms with Crippen molar-refractivity contribution in [3.63, 3.8) is 0 Å². The smallest absolute Gasteiger partial charge is 0.305 e. The predicted molar refractivity (Wildman–Crippen MR) is 96.1 cm³/mol. The van der Waals surface area contributed by atoms with E-state index in [0.29, 0.717) is 12.8 Å². The molecule has 1 aliphatic heterocycles. The predicted octanol–water partition coefficient (Wildman–Crippen LogP) is 4.28. The van der Waals surface area contributed by atoms with E-state index in [-0.39, 0.29) is 30.9 Å². The summed E-state index contributed by atoms with van der Waals surface area (Å²) in [5, 5.41) is 0. The van der Waals surface area contributed by atoms with E-state index < -0.39 is 0 Å². The molecule has 1 saturated heterocycles. The number of esters is 2. The number of allylic oxidation sites excluding steroid dienone is 2. The zero-order valence-corrected chi connectivity index (χ0v) is 15.3. The fourth-order valence-electron chi connectivity index (χ4n) is 2.76. The average molecular weight is 352 g/mol.